The number of nitrogens with one attached hydrogen (secondary N) is 2. The molecule has 0 amide bonds. The molecule has 0 saturated carbocycles. The van der Waals surface area contributed by atoms with Crippen LogP contribution in [0.1, 0.15) is 72.6 Å². The highest BCUT2D eigenvalue weighted by molar-refractivity contribution is 5.79. The first-order valence-electron chi connectivity index (χ1n) is 10.3. The normalized spacial score (nSPS) is 18.8. The summed E-state index contributed by atoms with van der Waals surface area (Å²) < 4.78 is 5.32. The minimum atomic E-state index is -0.378. The fraction of sp³-hybridized carbons (Fsp3) is 0.900. The zero-order valence-electron chi connectivity index (χ0n) is 17.6. The molecule has 1 rings (SSSR count). The molecule has 1 saturated heterocycles. The van der Waals surface area contributed by atoms with E-state index in [0.717, 1.165) is 51.3 Å². The summed E-state index contributed by atoms with van der Waals surface area (Å²) >= 11 is 0. The van der Waals surface area contributed by atoms with E-state index in [0.29, 0.717) is 12.5 Å². The Morgan fingerprint density at radius 2 is 1.92 bits per heavy atom. The lowest BCUT2D eigenvalue weighted by atomic mass is 10.1. The summed E-state index contributed by atoms with van der Waals surface area (Å²) in [4.78, 5) is 18.5. The zero-order chi connectivity index (χ0) is 19.4. The van der Waals surface area contributed by atoms with Gasteiger partial charge in [-0.05, 0) is 59.5 Å². The van der Waals surface area contributed by atoms with E-state index in [4.69, 9.17) is 4.74 Å². The van der Waals surface area contributed by atoms with E-state index in [-0.39, 0.29) is 11.6 Å². The Morgan fingerprint density at radius 3 is 2.58 bits per heavy atom. The third kappa shape index (κ3) is 10.00. The Bertz CT molecular complexity index is 432. The number of ether oxygens (including phenoxy) is 1. The fourth-order valence-corrected chi connectivity index (χ4v) is 3.32. The van der Waals surface area contributed by atoms with Gasteiger partial charge in [0.05, 0.1) is 0 Å². The summed E-state index contributed by atoms with van der Waals surface area (Å²) in [6.07, 6.45) is 7.24. The molecule has 6 nitrogen and oxygen atoms in total. The van der Waals surface area contributed by atoms with Gasteiger partial charge >= 0.3 is 5.97 Å². The first kappa shape index (κ1) is 22.7. The molecule has 0 aromatic carbocycles. The molecule has 1 unspecified atom stereocenters. The van der Waals surface area contributed by atoms with E-state index in [9.17, 15) is 4.79 Å². The van der Waals surface area contributed by atoms with Crippen LogP contribution in [0, 0.1) is 0 Å². The second-order valence-corrected chi connectivity index (χ2v) is 8.06. The fourth-order valence-electron chi connectivity index (χ4n) is 3.32. The van der Waals surface area contributed by atoms with Crippen LogP contribution in [0.5, 0.6) is 0 Å². The average molecular weight is 369 g/mol. The number of rotatable bonds is 10. The molecule has 26 heavy (non-hydrogen) atoms. The minimum Gasteiger partial charge on any atom is -0.460 e. The quantitative estimate of drug-likeness (QED) is 0.269. The summed E-state index contributed by atoms with van der Waals surface area (Å²) in [7, 11) is 1.82. The Balaban J connectivity index is 2.04. The molecule has 6 heteroatoms. The van der Waals surface area contributed by atoms with E-state index >= 15 is 0 Å². The first-order valence-corrected chi connectivity index (χ1v) is 10.3. The van der Waals surface area contributed by atoms with Crippen LogP contribution < -0.4 is 10.6 Å². The van der Waals surface area contributed by atoms with E-state index in [2.05, 4.69) is 27.4 Å². The molecule has 1 heterocycles. The van der Waals surface area contributed by atoms with Crippen molar-refractivity contribution in [3.05, 3.63) is 0 Å². The van der Waals surface area contributed by atoms with Crippen molar-refractivity contribution in [1.82, 2.24) is 15.5 Å². The SMILES string of the molecule is CCN1CCCC1CNC(=NC)NCCCCCCC(=O)OC(C)(C)C. The average Bonchev–Trinajstić information content (AvgIpc) is 3.02. The number of esters is 1. The summed E-state index contributed by atoms with van der Waals surface area (Å²) in [6.45, 7) is 12.2. The number of carbonyl (C=O) groups excluding carboxylic acids is 1. The standard InChI is InChI=1S/C20H40N4O2/c1-6-24-15-11-12-17(24)16-23-19(21-5)22-14-10-8-7-9-13-18(25)26-20(2,3)4/h17H,6-16H2,1-5H3,(H2,21,22,23). The van der Waals surface area contributed by atoms with Gasteiger partial charge < -0.3 is 15.4 Å². The maximum Gasteiger partial charge on any atom is 0.306 e. The van der Waals surface area contributed by atoms with Crippen LogP contribution in [0.15, 0.2) is 4.99 Å². The lowest BCUT2D eigenvalue weighted by Gasteiger charge is -2.24. The van der Waals surface area contributed by atoms with Gasteiger partial charge in [-0.25, -0.2) is 0 Å². The van der Waals surface area contributed by atoms with Crippen molar-refractivity contribution in [1.29, 1.82) is 0 Å². The molecule has 0 bridgehead atoms. The van der Waals surface area contributed by atoms with E-state index in [1.165, 1.54) is 19.4 Å². The molecule has 0 radical (unpaired) electrons. The number of carbonyl (C=O) groups is 1. The van der Waals surface area contributed by atoms with E-state index in [1.807, 2.05) is 27.8 Å². The maximum absolute atomic E-state index is 11.6. The molecule has 1 atom stereocenters. The van der Waals surface area contributed by atoms with E-state index in [1.54, 1.807) is 0 Å². The minimum absolute atomic E-state index is 0.0896. The predicted octanol–water partition coefficient (Wildman–Crippen LogP) is 2.93. The van der Waals surface area contributed by atoms with Crippen LogP contribution in [0.2, 0.25) is 0 Å². The number of guanidine groups is 1. The molecule has 0 aliphatic carbocycles. The van der Waals surface area contributed by atoms with E-state index < -0.39 is 0 Å². The van der Waals surface area contributed by atoms with Crippen molar-refractivity contribution in [3.8, 4) is 0 Å². The van der Waals surface area contributed by atoms with Crippen molar-refractivity contribution in [2.75, 3.05) is 33.2 Å². The number of likely N-dealkylation sites (tertiary alicyclic amines) is 1. The topological polar surface area (TPSA) is 66.0 Å². The first-order chi connectivity index (χ1) is 12.4. The lowest BCUT2D eigenvalue weighted by molar-refractivity contribution is -0.154. The zero-order valence-corrected chi connectivity index (χ0v) is 17.6. The van der Waals surface area contributed by atoms with Crippen LogP contribution in [-0.2, 0) is 9.53 Å². The number of nitrogens with zero attached hydrogens (tertiary/aromatic N) is 2. The molecular weight excluding hydrogens is 328 g/mol. The molecule has 0 aromatic heterocycles. The van der Waals surface area contributed by atoms with Gasteiger partial charge in [0.15, 0.2) is 5.96 Å². The summed E-state index contributed by atoms with van der Waals surface area (Å²) in [5.74, 6) is 0.801. The van der Waals surface area contributed by atoms with Crippen molar-refractivity contribution in [3.63, 3.8) is 0 Å². The highest BCUT2D eigenvalue weighted by atomic mass is 16.6. The van der Waals surface area contributed by atoms with Crippen molar-refractivity contribution in [2.45, 2.75) is 84.3 Å². The van der Waals surface area contributed by atoms with Gasteiger partial charge in [-0.1, -0.05) is 19.8 Å². The molecule has 1 fully saturated rings. The van der Waals surface area contributed by atoms with Gasteiger partial charge in [0, 0.05) is 32.6 Å². The van der Waals surface area contributed by atoms with Gasteiger partial charge in [0.25, 0.3) is 0 Å². The predicted molar refractivity (Wildman–Crippen MR) is 109 cm³/mol. The number of hydrogen-bond acceptors (Lipinski definition) is 4. The molecule has 0 aromatic rings. The van der Waals surface area contributed by atoms with Crippen LogP contribution in [0.4, 0.5) is 0 Å². The summed E-state index contributed by atoms with van der Waals surface area (Å²) in [5.41, 5.74) is -0.378. The van der Waals surface area contributed by atoms with Crippen LogP contribution in [0.3, 0.4) is 0 Å². The molecular formula is C20H40N4O2. The maximum atomic E-state index is 11.6. The monoisotopic (exact) mass is 368 g/mol. The second kappa shape index (κ2) is 12.2. The molecule has 0 spiro atoms. The van der Waals surface area contributed by atoms with Gasteiger partial charge in [0.2, 0.25) is 0 Å². The van der Waals surface area contributed by atoms with Gasteiger partial charge in [0.1, 0.15) is 5.60 Å². The number of unbranched alkanes of at least 4 members (excludes halogenated alkanes) is 3. The molecule has 1 aliphatic heterocycles. The largest absolute Gasteiger partial charge is 0.460 e. The van der Waals surface area contributed by atoms with Crippen molar-refractivity contribution < 1.29 is 9.53 Å². The molecule has 2 N–H and O–H groups in total. The van der Waals surface area contributed by atoms with Crippen molar-refractivity contribution >= 4 is 11.9 Å². The van der Waals surface area contributed by atoms with Gasteiger partial charge in [-0.15, -0.1) is 0 Å². The van der Waals surface area contributed by atoms with Crippen molar-refractivity contribution in [2.24, 2.45) is 4.99 Å². The highest BCUT2D eigenvalue weighted by Crippen LogP contribution is 2.15. The number of aliphatic imine (C=N–C) groups is 1. The highest BCUT2D eigenvalue weighted by Gasteiger charge is 2.22. The summed E-state index contributed by atoms with van der Waals surface area (Å²) in [5, 5.41) is 6.84. The Kier molecular flexibility index (Phi) is 10.6. The Labute approximate surface area is 160 Å². The van der Waals surface area contributed by atoms with Crippen LogP contribution in [-0.4, -0.2) is 61.7 Å². The molecule has 152 valence electrons. The molecule has 1 aliphatic rings. The Morgan fingerprint density at radius 1 is 1.19 bits per heavy atom. The van der Waals surface area contributed by atoms with Crippen LogP contribution >= 0.6 is 0 Å². The number of hydrogen-bond donors (Lipinski definition) is 2. The number of likely N-dealkylation sites (N-methyl/N-ethyl adjacent to an activating group) is 1. The smallest absolute Gasteiger partial charge is 0.306 e. The van der Waals surface area contributed by atoms with Crippen LogP contribution in [0.25, 0.3) is 0 Å². The lowest BCUT2D eigenvalue weighted by Crippen LogP contribution is -2.45. The third-order valence-corrected chi connectivity index (χ3v) is 4.65. The summed E-state index contributed by atoms with van der Waals surface area (Å²) in [6, 6.07) is 0.631. The third-order valence-electron chi connectivity index (χ3n) is 4.65. The van der Waals surface area contributed by atoms with Gasteiger partial charge in [-0.2, -0.15) is 0 Å². The second-order valence-electron chi connectivity index (χ2n) is 8.06. The van der Waals surface area contributed by atoms with Gasteiger partial charge in [-0.3, -0.25) is 14.7 Å². The Hall–Kier alpha value is -1.30.